The standard InChI is InChI=1S/C24H36N4O4/c29-23-8-4-5-9-28(23)19-22(18-25-14-16-31-17-15-25)26-10-12-27(13-11-26)24(30)32-20-21-6-2-1-3-7-21/h1-3,6-7,22H,4-5,8-20H2/t22-/m0/s1. The molecule has 0 unspecified atom stereocenters. The van der Waals surface area contributed by atoms with E-state index in [1.165, 1.54) is 0 Å². The van der Waals surface area contributed by atoms with Gasteiger partial charge in [-0.15, -0.1) is 0 Å². The number of benzene rings is 1. The summed E-state index contributed by atoms with van der Waals surface area (Å²) < 4.78 is 11.0. The smallest absolute Gasteiger partial charge is 0.410 e. The monoisotopic (exact) mass is 444 g/mol. The van der Waals surface area contributed by atoms with Crippen LogP contribution >= 0.6 is 0 Å². The van der Waals surface area contributed by atoms with Gasteiger partial charge in [0, 0.05) is 71.4 Å². The number of amides is 2. The minimum Gasteiger partial charge on any atom is -0.445 e. The molecule has 8 nitrogen and oxygen atoms in total. The van der Waals surface area contributed by atoms with Crippen molar-refractivity contribution in [2.24, 2.45) is 0 Å². The molecule has 8 heteroatoms. The lowest BCUT2D eigenvalue weighted by molar-refractivity contribution is -0.134. The Morgan fingerprint density at radius 1 is 0.938 bits per heavy atom. The molecule has 1 aromatic carbocycles. The first-order chi connectivity index (χ1) is 15.7. The Hall–Kier alpha value is -2.16. The molecule has 3 saturated heterocycles. The minimum absolute atomic E-state index is 0.246. The zero-order valence-corrected chi connectivity index (χ0v) is 19.0. The van der Waals surface area contributed by atoms with Gasteiger partial charge >= 0.3 is 6.09 Å². The third-order valence-corrected chi connectivity index (χ3v) is 6.72. The van der Waals surface area contributed by atoms with Crippen LogP contribution in [0.2, 0.25) is 0 Å². The number of morpholine rings is 1. The molecule has 0 N–H and O–H groups in total. The van der Waals surface area contributed by atoms with Gasteiger partial charge in [-0.25, -0.2) is 4.79 Å². The van der Waals surface area contributed by atoms with Crippen molar-refractivity contribution in [3.8, 4) is 0 Å². The SMILES string of the molecule is O=C1CCCCN1C[C@H](CN1CCOCC1)N1CCN(C(=O)OCc2ccccc2)CC1. The van der Waals surface area contributed by atoms with E-state index in [-0.39, 0.29) is 18.0 Å². The lowest BCUT2D eigenvalue weighted by Gasteiger charge is -2.43. The first-order valence-electron chi connectivity index (χ1n) is 12.0. The third-order valence-electron chi connectivity index (χ3n) is 6.72. The Labute approximate surface area is 191 Å². The van der Waals surface area contributed by atoms with Gasteiger partial charge in [-0.3, -0.25) is 14.6 Å². The van der Waals surface area contributed by atoms with Gasteiger partial charge in [0.05, 0.1) is 13.2 Å². The molecule has 0 radical (unpaired) electrons. The van der Waals surface area contributed by atoms with Crippen LogP contribution in [0, 0.1) is 0 Å². The van der Waals surface area contributed by atoms with Gasteiger partial charge in [0.2, 0.25) is 5.91 Å². The molecule has 3 aliphatic heterocycles. The molecule has 32 heavy (non-hydrogen) atoms. The predicted molar refractivity (Wildman–Crippen MR) is 121 cm³/mol. The van der Waals surface area contributed by atoms with Gasteiger partial charge in [0.15, 0.2) is 0 Å². The minimum atomic E-state index is -0.246. The fourth-order valence-electron chi connectivity index (χ4n) is 4.76. The Kier molecular flexibility index (Phi) is 8.36. The van der Waals surface area contributed by atoms with Crippen molar-refractivity contribution in [2.75, 3.05) is 72.1 Å². The molecule has 3 aliphatic rings. The van der Waals surface area contributed by atoms with E-state index in [0.29, 0.717) is 26.1 Å². The Morgan fingerprint density at radius 2 is 1.69 bits per heavy atom. The second-order valence-corrected chi connectivity index (χ2v) is 8.93. The molecule has 0 saturated carbocycles. The summed E-state index contributed by atoms with van der Waals surface area (Å²) in [6.07, 6.45) is 2.53. The summed E-state index contributed by atoms with van der Waals surface area (Å²) in [6.45, 7) is 9.22. The number of ether oxygens (including phenoxy) is 2. The largest absolute Gasteiger partial charge is 0.445 e. The van der Waals surface area contributed by atoms with Crippen LogP contribution in [0.1, 0.15) is 24.8 Å². The van der Waals surface area contributed by atoms with Gasteiger partial charge < -0.3 is 19.3 Å². The zero-order valence-electron chi connectivity index (χ0n) is 19.0. The summed E-state index contributed by atoms with van der Waals surface area (Å²) in [4.78, 5) is 33.7. The van der Waals surface area contributed by atoms with Crippen molar-refractivity contribution in [3.05, 3.63) is 35.9 Å². The molecular formula is C24H36N4O4. The maximum atomic E-state index is 12.5. The molecule has 0 aromatic heterocycles. The first-order valence-corrected chi connectivity index (χ1v) is 12.0. The normalized spacial score (nSPS) is 22.1. The van der Waals surface area contributed by atoms with E-state index < -0.39 is 0 Å². The van der Waals surface area contributed by atoms with Crippen molar-refractivity contribution in [1.82, 2.24) is 19.6 Å². The molecule has 176 valence electrons. The molecule has 0 spiro atoms. The summed E-state index contributed by atoms with van der Waals surface area (Å²) in [7, 11) is 0. The van der Waals surface area contributed by atoms with Crippen LogP contribution in [0.3, 0.4) is 0 Å². The fraction of sp³-hybridized carbons (Fsp3) is 0.667. The molecule has 4 rings (SSSR count). The number of hydrogen-bond acceptors (Lipinski definition) is 6. The van der Waals surface area contributed by atoms with Crippen LogP contribution in [0.5, 0.6) is 0 Å². The van der Waals surface area contributed by atoms with Crippen LogP contribution in [-0.4, -0.2) is 110 Å². The number of piperazine rings is 1. The highest BCUT2D eigenvalue weighted by molar-refractivity contribution is 5.76. The second-order valence-electron chi connectivity index (χ2n) is 8.93. The van der Waals surface area contributed by atoms with Crippen LogP contribution in [0.4, 0.5) is 4.79 Å². The molecule has 1 atom stereocenters. The summed E-state index contributed by atoms with van der Waals surface area (Å²) >= 11 is 0. The van der Waals surface area contributed by atoms with E-state index in [4.69, 9.17) is 9.47 Å². The highest BCUT2D eigenvalue weighted by Crippen LogP contribution is 2.16. The van der Waals surface area contributed by atoms with Gasteiger partial charge in [-0.1, -0.05) is 30.3 Å². The van der Waals surface area contributed by atoms with Crippen molar-refractivity contribution in [2.45, 2.75) is 31.9 Å². The summed E-state index contributed by atoms with van der Waals surface area (Å²) in [5.41, 5.74) is 0.997. The highest BCUT2D eigenvalue weighted by Gasteiger charge is 2.31. The number of likely N-dealkylation sites (tertiary alicyclic amines) is 1. The molecular weight excluding hydrogens is 408 g/mol. The van der Waals surface area contributed by atoms with Crippen molar-refractivity contribution in [3.63, 3.8) is 0 Å². The van der Waals surface area contributed by atoms with E-state index in [1.807, 2.05) is 30.3 Å². The van der Waals surface area contributed by atoms with E-state index in [9.17, 15) is 9.59 Å². The Balaban J connectivity index is 1.30. The number of carbonyl (C=O) groups is 2. The molecule has 3 heterocycles. The van der Waals surface area contributed by atoms with Crippen LogP contribution in [0.25, 0.3) is 0 Å². The Bertz CT molecular complexity index is 733. The van der Waals surface area contributed by atoms with E-state index in [2.05, 4.69) is 14.7 Å². The van der Waals surface area contributed by atoms with Crippen LogP contribution < -0.4 is 0 Å². The molecule has 0 bridgehead atoms. The van der Waals surface area contributed by atoms with E-state index in [1.54, 1.807) is 4.90 Å². The van der Waals surface area contributed by atoms with Crippen molar-refractivity contribution < 1.29 is 19.1 Å². The van der Waals surface area contributed by atoms with E-state index in [0.717, 1.165) is 77.4 Å². The summed E-state index contributed by atoms with van der Waals surface area (Å²) in [6, 6.07) is 10.0. The van der Waals surface area contributed by atoms with Crippen molar-refractivity contribution >= 4 is 12.0 Å². The maximum absolute atomic E-state index is 12.5. The average Bonchev–Trinajstić information content (AvgIpc) is 2.85. The van der Waals surface area contributed by atoms with Gasteiger partial charge in [0.1, 0.15) is 6.61 Å². The third kappa shape index (κ3) is 6.43. The lowest BCUT2D eigenvalue weighted by atomic mass is 10.1. The van der Waals surface area contributed by atoms with Crippen molar-refractivity contribution in [1.29, 1.82) is 0 Å². The number of hydrogen-bond donors (Lipinski definition) is 0. The summed E-state index contributed by atoms with van der Waals surface area (Å²) in [5, 5.41) is 0. The summed E-state index contributed by atoms with van der Waals surface area (Å²) in [5.74, 6) is 0.284. The van der Waals surface area contributed by atoms with Gasteiger partial charge in [-0.2, -0.15) is 0 Å². The predicted octanol–water partition coefficient (Wildman–Crippen LogP) is 1.65. The average molecular weight is 445 g/mol. The maximum Gasteiger partial charge on any atom is 0.410 e. The first kappa shape index (κ1) is 23.0. The highest BCUT2D eigenvalue weighted by atomic mass is 16.6. The topological polar surface area (TPSA) is 65.6 Å². The quantitative estimate of drug-likeness (QED) is 0.637. The molecule has 0 aliphatic carbocycles. The van der Waals surface area contributed by atoms with Gasteiger partial charge in [-0.05, 0) is 18.4 Å². The van der Waals surface area contributed by atoms with Gasteiger partial charge in [0.25, 0.3) is 0 Å². The number of piperidine rings is 1. The number of carbonyl (C=O) groups excluding carboxylic acids is 2. The fourth-order valence-corrected chi connectivity index (χ4v) is 4.76. The van der Waals surface area contributed by atoms with E-state index >= 15 is 0 Å². The number of rotatable bonds is 7. The number of nitrogens with zero attached hydrogens (tertiary/aromatic N) is 4. The molecule has 2 amide bonds. The van der Waals surface area contributed by atoms with Crippen LogP contribution in [-0.2, 0) is 20.9 Å². The molecule has 1 aromatic rings. The lowest BCUT2D eigenvalue weighted by Crippen LogP contribution is -2.58. The molecule has 3 fully saturated rings. The Morgan fingerprint density at radius 3 is 2.41 bits per heavy atom. The second kappa shape index (κ2) is 11.6. The van der Waals surface area contributed by atoms with Crippen LogP contribution in [0.15, 0.2) is 30.3 Å². The zero-order chi connectivity index (χ0) is 22.2.